The molecule has 2 rings (SSSR count). The van der Waals surface area contributed by atoms with E-state index in [1.165, 1.54) is 71.3 Å². The van der Waals surface area contributed by atoms with Gasteiger partial charge in [-0.1, -0.05) is 78.1 Å². The van der Waals surface area contributed by atoms with E-state index in [2.05, 4.69) is 62.4 Å². The smallest absolute Gasteiger partial charge is 0.357 e. The van der Waals surface area contributed by atoms with Crippen LogP contribution in [0.4, 0.5) is 0 Å². The van der Waals surface area contributed by atoms with Crippen molar-refractivity contribution in [2.24, 2.45) is 0 Å². The number of hydrogen-bond donors (Lipinski definition) is 0. The molecule has 3 heteroatoms. The minimum atomic E-state index is -0.160. The van der Waals surface area contributed by atoms with E-state index in [1.807, 2.05) is 0 Å². The molecular formula is C28H42IO2+. The van der Waals surface area contributed by atoms with Crippen LogP contribution in [0.25, 0.3) is 0 Å². The van der Waals surface area contributed by atoms with Crippen molar-refractivity contribution < 1.29 is 30.7 Å². The van der Waals surface area contributed by atoms with Crippen molar-refractivity contribution in [2.45, 2.75) is 90.9 Å². The van der Waals surface area contributed by atoms with Crippen LogP contribution in [-0.4, -0.2) is 13.2 Å². The second-order valence-corrected chi connectivity index (χ2v) is 11.3. The lowest BCUT2D eigenvalue weighted by atomic mass is 10.1. The first kappa shape index (κ1) is 26.0. The standard InChI is InChI=1S/C28H42IO2/c1-3-5-7-9-11-13-23-30-27-19-15-25(16-20-27)29-26-17-21-28(22-18-26)31-24-14-12-10-8-6-4-2/h15-22H,3-14,23-24H2,1-2H3/q+1. The van der Waals surface area contributed by atoms with Crippen molar-refractivity contribution in [3.8, 4) is 11.5 Å². The molecule has 172 valence electrons. The molecule has 0 unspecified atom stereocenters. The van der Waals surface area contributed by atoms with Crippen molar-refractivity contribution in [3.05, 3.63) is 55.7 Å². The highest BCUT2D eigenvalue weighted by Crippen LogP contribution is 2.12. The lowest BCUT2D eigenvalue weighted by Gasteiger charge is -2.06. The molecule has 0 aliphatic heterocycles. The summed E-state index contributed by atoms with van der Waals surface area (Å²) in [5, 5.41) is 0. The highest BCUT2D eigenvalue weighted by molar-refractivity contribution is 5.22. The summed E-state index contributed by atoms with van der Waals surface area (Å²) in [5.41, 5.74) is 0. The van der Waals surface area contributed by atoms with Gasteiger partial charge in [-0.15, -0.1) is 0 Å². The van der Waals surface area contributed by atoms with Gasteiger partial charge in [-0.05, 0) is 61.4 Å². The maximum Gasteiger partial charge on any atom is 0.357 e. The molecule has 0 atom stereocenters. The third-order valence-corrected chi connectivity index (χ3v) is 8.06. The number of hydrogen-bond acceptors (Lipinski definition) is 2. The second-order valence-electron chi connectivity index (χ2n) is 8.23. The van der Waals surface area contributed by atoms with Gasteiger partial charge in [0.2, 0.25) is 0 Å². The van der Waals surface area contributed by atoms with Gasteiger partial charge in [0, 0.05) is 0 Å². The van der Waals surface area contributed by atoms with E-state index in [9.17, 15) is 0 Å². The van der Waals surface area contributed by atoms with Gasteiger partial charge < -0.3 is 9.47 Å². The predicted molar refractivity (Wildman–Crippen MR) is 128 cm³/mol. The average Bonchev–Trinajstić information content (AvgIpc) is 2.80. The summed E-state index contributed by atoms with van der Waals surface area (Å²) >= 11 is -0.160. The predicted octanol–water partition coefficient (Wildman–Crippen LogP) is 5.29. The zero-order valence-electron chi connectivity index (χ0n) is 19.7. The van der Waals surface area contributed by atoms with Crippen LogP contribution in [0.3, 0.4) is 0 Å². The molecule has 0 aliphatic rings. The van der Waals surface area contributed by atoms with Gasteiger partial charge in [0.25, 0.3) is 0 Å². The van der Waals surface area contributed by atoms with Gasteiger partial charge in [0.1, 0.15) is 11.5 Å². The molecule has 0 fully saturated rings. The fourth-order valence-corrected chi connectivity index (χ4v) is 5.62. The molecule has 0 N–H and O–H groups in total. The maximum absolute atomic E-state index is 5.90. The lowest BCUT2D eigenvalue weighted by molar-refractivity contribution is -0.597. The molecule has 0 bridgehead atoms. The first-order valence-electron chi connectivity index (χ1n) is 12.4. The normalized spacial score (nSPS) is 10.9. The molecule has 2 nitrogen and oxygen atoms in total. The number of halogens is 1. The summed E-state index contributed by atoms with van der Waals surface area (Å²) in [4.78, 5) is 0. The van der Waals surface area contributed by atoms with E-state index in [-0.39, 0.29) is 21.2 Å². The number of unbranched alkanes of at least 4 members (excludes halogenated alkanes) is 10. The van der Waals surface area contributed by atoms with Gasteiger partial charge in [0.15, 0.2) is 7.14 Å². The van der Waals surface area contributed by atoms with Crippen molar-refractivity contribution in [1.29, 1.82) is 0 Å². The Morgan fingerprint density at radius 1 is 0.484 bits per heavy atom. The van der Waals surface area contributed by atoms with Gasteiger partial charge in [0.05, 0.1) is 13.2 Å². The molecule has 0 saturated carbocycles. The monoisotopic (exact) mass is 537 g/mol. The molecule has 2 aromatic carbocycles. The summed E-state index contributed by atoms with van der Waals surface area (Å²) in [6.07, 6.45) is 15.6. The molecule has 0 radical (unpaired) electrons. The third-order valence-electron chi connectivity index (χ3n) is 5.38. The molecule has 0 saturated heterocycles. The summed E-state index contributed by atoms with van der Waals surface area (Å²) in [6.45, 7) is 6.19. The van der Waals surface area contributed by atoms with Crippen molar-refractivity contribution in [1.82, 2.24) is 0 Å². The molecule has 0 spiro atoms. The minimum Gasteiger partial charge on any atom is -0.494 e. The van der Waals surface area contributed by atoms with Crippen LogP contribution in [0.2, 0.25) is 0 Å². The Balaban J connectivity index is 1.61. The van der Waals surface area contributed by atoms with Crippen molar-refractivity contribution >= 4 is 0 Å². The number of ether oxygens (including phenoxy) is 2. The summed E-state index contributed by atoms with van der Waals surface area (Å²) in [5.74, 6) is 2.00. The van der Waals surface area contributed by atoms with Crippen LogP contribution in [0.5, 0.6) is 11.5 Å². The average molecular weight is 538 g/mol. The van der Waals surface area contributed by atoms with Gasteiger partial charge in [-0.3, -0.25) is 0 Å². The lowest BCUT2D eigenvalue weighted by Crippen LogP contribution is -3.61. The van der Waals surface area contributed by atoms with Crippen LogP contribution in [0.1, 0.15) is 90.9 Å². The fourth-order valence-electron chi connectivity index (χ4n) is 3.46. The Kier molecular flexibility index (Phi) is 14.6. The summed E-state index contributed by atoms with van der Waals surface area (Å²) in [7, 11) is 0. The van der Waals surface area contributed by atoms with Gasteiger partial charge >= 0.3 is 21.2 Å². The molecule has 0 heterocycles. The number of rotatable bonds is 18. The first-order valence-corrected chi connectivity index (χ1v) is 14.6. The van der Waals surface area contributed by atoms with Crippen LogP contribution in [0.15, 0.2) is 48.5 Å². The Bertz CT molecular complexity index is 607. The molecule has 0 amide bonds. The third kappa shape index (κ3) is 12.4. The van der Waals surface area contributed by atoms with E-state index in [0.29, 0.717) is 0 Å². The Morgan fingerprint density at radius 2 is 0.839 bits per heavy atom. The minimum absolute atomic E-state index is 0.160. The van der Waals surface area contributed by atoms with E-state index in [4.69, 9.17) is 9.47 Å². The SMILES string of the molecule is CCCCCCCCOc1ccc([I+]c2ccc(OCCCCCCCC)cc2)cc1. The highest BCUT2D eigenvalue weighted by atomic mass is 127. The summed E-state index contributed by atoms with van der Waals surface area (Å²) in [6, 6.07) is 17.4. The van der Waals surface area contributed by atoms with Crippen LogP contribution >= 0.6 is 0 Å². The van der Waals surface area contributed by atoms with E-state index >= 15 is 0 Å². The Hall–Kier alpha value is -1.23. The molecule has 2 aromatic rings. The fraction of sp³-hybridized carbons (Fsp3) is 0.571. The molecule has 0 aliphatic carbocycles. The zero-order valence-corrected chi connectivity index (χ0v) is 21.9. The van der Waals surface area contributed by atoms with E-state index < -0.39 is 0 Å². The highest BCUT2D eigenvalue weighted by Gasteiger charge is 2.15. The van der Waals surface area contributed by atoms with Crippen molar-refractivity contribution in [3.63, 3.8) is 0 Å². The van der Waals surface area contributed by atoms with Crippen molar-refractivity contribution in [2.75, 3.05) is 13.2 Å². The zero-order chi connectivity index (χ0) is 22.0. The second kappa shape index (κ2) is 17.3. The summed E-state index contributed by atoms with van der Waals surface area (Å²) < 4.78 is 14.7. The number of benzene rings is 2. The van der Waals surface area contributed by atoms with Gasteiger partial charge in [-0.25, -0.2) is 0 Å². The van der Waals surface area contributed by atoms with Gasteiger partial charge in [-0.2, -0.15) is 0 Å². The first-order chi connectivity index (χ1) is 15.3. The van der Waals surface area contributed by atoms with E-state index in [1.54, 1.807) is 0 Å². The van der Waals surface area contributed by atoms with Crippen LogP contribution in [0, 0.1) is 7.14 Å². The molecule has 0 aromatic heterocycles. The Morgan fingerprint density at radius 3 is 1.23 bits per heavy atom. The Labute approximate surface area is 201 Å². The quantitative estimate of drug-likeness (QED) is 0.190. The maximum atomic E-state index is 5.90. The topological polar surface area (TPSA) is 18.5 Å². The van der Waals surface area contributed by atoms with Crippen LogP contribution < -0.4 is 30.7 Å². The molecule has 31 heavy (non-hydrogen) atoms. The molecular weight excluding hydrogens is 495 g/mol. The largest absolute Gasteiger partial charge is 0.494 e. The van der Waals surface area contributed by atoms with E-state index in [0.717, 1.165) is 37.6 Å². The van der Waals surface area contributed by atoms with Crippen LogP contribution in [-0.2, 0) is 0 Å².